The third-order valence-corrected chi connectivity index (χ3v) is 3.26. The largest absolute Gasteiger partial charge is 0.278 e. The van der Waals surface area contributed by atoms with Crippen LogP contribution in [0.3, 0.4) is 0 Å². The summed E-state index contributed by atoms with van der Waals surface area (Å²) < 4.78 is 26.2. The molecule has 2 rings (SSSR count). The zero-order chi connectivity index (χ0) is 13.0. The lowest BCUT2D eigenvalue weighted by Crippen LogP contribution is -2.04. The van der Waals surface area contributed by atoms with E-state index in [1.54, 1.807) is 6.20 Å². The van der Waals surface area contributed by atoms with Crippen molar-refractivity contribution in [1.29, 1.82) is 0 Å². The number of hydrogen-bond donors (Lipinski definition) is 1. The van der Waals surface area contributed by atoms with E-state index >= 15 is 0 Å². The number of aromatic amines is 1. The smallest absolute Gasteiger partial charge is 0.264 e. The first-order chi connectivity index (χ1) is 8.54. The molecule has 0 saturated carbocycles. The van der Waals surface area contributed by atoms with Crippen LogP contribution in [0.25, 0.3) is 10.9 Å². The molecular weight excluding hydrogens is 252 g/mol. The van der Waals surface area contributed by atoms with Gasteiger partial charge in [0.15, 0.2) is 0 Å². The van der Waals surface area contributed by atoms with E-state index in [0.717, 1.165) is 36.4 Å². The van der Waals surface area contributed by atoms with Crippen molar-refractivity contribution >= 4 is 21.0 Å². The fraction of sp³-hybridized carbons (Fsp3) is 0.417. The van der Waals surface area contributed by atoms with Gasteiger partial charge in [-0.3, -0.25) is 9.28 Å². The lowest BCUT2D eigenvalue weighted by Gasteiger charge is -2.02. The van der Waals surface area contributed by atoms with E-state index in [-0.39, 0.29) is 6.61 Å². The minimum absolute atomic E-state index is 0.257. The summed E-state index contributed by atoms with van der Waals surface area (Å²) in [5, 5.41) is 7.97. The molecule has 2 aromatic rings. The SMILES string of the molecule is CS(=O)(=O)OCCCCc1ccc2[nH]ncc2c1. The summed E-state index contributed by atoms with van der Waals surface area (Å²) in [5.41, 5.74) is 2.25. The van der Waals surface area contributed by atoms with Gasteiger partial charge in [0, 0.05) is 5.39 Å². The van der Waals surface area contributed by atoms with Crippen LogP contribution >= 0.6 is 0 Å². The number of H-pyrrole nitrogens is 1. The summed E-state index contributed by atoms with van der Waals surface area (Å²) in [6.45, 7) is 0.257. The Kier molecular flexibility index (Phi) is 3.98. The molecule has 0 bridgehead atoms. The Morgan fingerprint density at radius 3 is 2.94 bits per heavy atom. The van der Waals surface area contributed by atoms with Crippen molar-refractivity contribution in [2.24, 2.45) is 0 Å². The van der Waals surface area contributed by atoms with Crippen molar-refractivity contribution in [3.05, 3.63) is 30.0 Å². The van der Waals surface area contributed by atoms with Gasteiger partial charge in [-0.1, -0.05) is 6.07 Å². The normalized spacial score (nSPS) is 12.1. The Bertz CT molecular complexity index is 619. The van der Waals surface area contributed by atoms with Crippen molar-refractivity contribution in [2.75, 3.05) is 12.9 Å². The third kappa shape index (κ3) is 3.82. The van der Waals surface area contributed by atoms with Crippen LogP contribution in [0.4, 0.5) is 0 Å². The number of nitrogens with zero attached hydrogens (tertiary/aromatic N) is 1. The Labute approximate surface area is 106 Å². The average molecular weight is 268 g/mol. The number of rotatable bonds is 6. The second-order valence-electron chi connectivity index (χ2n) is 4.27. The fourth-order valence-electron chi connectivity index (χ4n) is 1.79. The second-order valence-corrected chi connectivity index (χ2v) is 5.92. The molecule has 0 fully saturated rings. The Morgan fingerprint density at radius 1 is 1.33 bits per heavy atom. The maximum atomic E-state index is 10.7. The molecule has 1 aromatic carbocycles. The molecule has 5 nitrogen and oxygen atoms in total. The van der Waals surface area contributed by atoms with E-state index in [4.69, 9.17) is 0 Å². The summed E-state index contributed by atoms with van der Waals surface area (Å²) in [6.07, 6.45) is 5.41. The van der Waals surface area contributed by atoms with Crippen molar-refractivity contribution in [2.45, 2.75) is 19.3 Å². The summed E-state index contributed by atoms with van der Waals surface area (Å²) in [4.78, 5) is 0. The van der Waals surface area contributed by atoms with Crippen LogP contribution in [0.2, 0.25) is 0 Å². The molecule has 0 amide bonds. The zero-order valence-corrected chi connectivity index (χ0v) is 11.0. The van der Waals surface area contributed by atoms with Gasteiger partial charge in [0.25, 0.3) is 10.1 Å². The highest BCUT2D eigenvalue weighted by molar-refractivity contribution is 7.85. The predicted octanol–water partition coefficient (Wildman–Crippen LogP) is 1.86. The highest BCUT2D eigenvalue weighted by atomic mass is 32.2. The quantitative estimate of drug-likeness (QED) is 0.641. The molecule has 0 spiro atoms. The van der Waals surface area contributed by atoms with Crippen LogP contribution in [0.5, 0.6) is 0 Å². The lowest BCUT2D eigenvalue weighted by molar-refractivity contribution is 0.312. The van der Waals surface area contributed by atoms with Gasteiger partial charge < -0.3 is 0 Å². The highest BCUT2D eigenvalue weighted by Crippen LogP contribution is 2.14. The number of fused-ring (bicyclic) bond motifs is 1. The molecule has 0 radical (unpaired) electrons. The highest BCUT2D eigenvalue weighted by Gasteiger charge is 2.01. The van der Waals surface area contributed by atoms with Crippen LogP contribution in [-0.4, -0.2) is 31.5 Å². The van der Waals surface area contributed by atoms with Gasteiger partial charge in [-0.05, 0) is 37.0 Å². The number of nitrogens with one attached hydrogen (secondary N) is 1. The molecule has 0 atom stereocenters. The first-order valence-corrected chi connectivity index (χ1v) is 7.63. The molecule has 0 unspecified atom stereocenters. The van der Waals surface area contributed by atoms with Gasteiger partial charge in [-0.15, -0.1) is 0 Å². The van der Waals surface area contributed by atoms with Crippen molar-refractivity contribution in [1.82, 2.24) is 10.2 Å². The van der Waals surface area contributed by atoms with Gasteiger partial charge in [-0.2, -0.15) is 13.5 Å². The Hall–Kier alpha value is -1.40. The number of benzene rings is 1. The van der Waals surface area contributed by atoms with Gasteiger partial charge in [0.2, 0.25) is 0 Å². The van der Waals surface area contributed by atoms with E-state index < -0.39 is 10.1 Å². The zero-order valence-electron chi connectivity index (χ0n) is 10.2. The minimum Gasteiger partial charge on any atom is -0.278 e. The fourth-order valence-corrected chi connectivity index (χ4v) is 2.21. The predicted molar refractivity (Wildman–Crippen MR) is 69.8 cm³/mol. The Morgan fingerprint density at radius 2 is 2.17 bits per heavy atom. The van der Waals surface area contributed by atoms with E-state index in [9.17, 15) is 8.42 Å². The van der Waals surface area contributed by atoms with Crippen LogP contribution in [0, 0.1) is 0 Å². The van der Waals surface area contributed by atoms with Crippen LogP contribution in [0.1, 0.15) is 18.4 Å². The summed E-state index contributed by atoms with van der Waals surface area (Å²) in [6, 6.07) is 6.15. The van der Waals surface area contributed by atoms with Crippen LogP contribution in [0.15, 0.2) is 24.4 Å². The molecule has 6 heteroatoms. The minimum atomic E-state index is -3.30. The van der Waals surface area contributed by atoms with E-state index in [1.165, 1.54) is 5.56 Å². The average Bonchev–Trinajstić information content (AvgIpc) is 2.74. The molecule has 1 aromatic heterocycles. The van der Waals surface area contributed by atoms with Crippen molar-refractivity contribution in [3.8, 4) is 0 Å². The van der Waals surface area contributed by atoms with E-state index in [2.05, 4.69) is 26.5 Å². The van der Waals surface area contributed by atoms with Gasteiger partial charge in [0.1, 0.15) is 0 Å². The van der Waals surface area contributed by atoms with Crippen LogP contribution in [-0.2, 0) is 20.7 Å². The molecule has 98 valence electrons. The monoisotopic (exact) mass is 268 g/mol. The standard InChI is InChI=1S/C12H16N2O3S/c1-18(15,16)17-7-3-2-4-10-5-6-12-11(8-10)9-13-14-12/h5-6,8-9H,2-4,7H2,1H3,(H,13,14). The third-order valence-electron chi connectivity index (χ3n) is 2.66. The Balaban J connectivity index is 1.79. The molecule has 0 aliphatic carbocycles. The van der Waals surface area contributed by atoms with Gasteiger partial charge in [-0.25, -0.2) is 0 Å². The van der Waals surface area contributed by atoms with E-state index in [0.29, 0.717) is 0 Å². The van der Waals surface area contributed by atoms with Crippen molar-refractivity contribution in [3.63, 3.8) is 0 Å². The van der Waals surface area contributed by atoms with Crippen molar-refractivity contribution < 1.29 is 12.6 Å². The molecule has 0 aliphatic heterocycles. The molecular formula is C12H16N2O3S. The molecule has 0 aliphatic rings. The maximum Gasteiger partial charge on any atom is 0.264 e. The van der Waals surface area contributed by atoms with E-state index in [1.807, 2.05) is 6.07 Å². The number of unbranched alkanes of at least 4 members (excludes halogenated alkanes) is 1. The number of aromatic nitrogens is 2. The maximum absolute atomic E-state index is 10.7. The summed E-state index contributed by atoms with van der Waals surface area (Å²) in [7, 11) is -3.30. The summed E-state index contributed by atoms with van der Waals surface area (Å²) in [5.74, 6) is 0. The first-order valence-electron chi connectivity index (χ1n) is 5.81. The van der Waals surface area contributed by atoms with Crippen LogP contribution < -0.4 is 0 Å². The molecule has 0 saturated heterocycles. The first kappa shape index (κ1) is 13.0. The summed E-state index contributed by atoms with van der Waals surface area (Å²) >= 11 is 0. The topological polar surface area (TPSA) is 72.1 Å². The van der Waals surface area contributed by atoms with Gasteiger partial charge >= 0.3 is 0 Å². The number of aryl methyl sites for hydroxylation is 1. The van der Waals surface area contributed by atoms with Gasteiger partial charge in [0.05, 0.1) is 24.6 Å². The molecule has 1 N–H and O–H groups in total. The second kappa shape index (κ2) is 5.49. The molecule has 1 heterocycles. The lowest BCUT2D eigenvalue weighted by atomic mass is 10.1. The number of hydrogen-bond acceptors (Lipinski definition) is 4. The molecule has 18 heavy (non-hydrogen) atoms.